The third kappa shape index (κ3) is 3.69. The van der Waals surface area contributed by atoms with E-state index in [1.165, 1.54) is 42.5 Å². The second kappa shape index (κ2) is 7.09. The van der Waals surface area contributed by atoms with Gasteiger partial charge >= 0.3 is 5.97 Å². The van der Waals surface area contributed by atoms with Gasteiger partial charge in [0.05, 0.1) is 22.6 Å². The monoisotopic (exact) mass is 350 g/mol. The summed E-state index contributed by atoms with van der Waals surface area (Å²) < 4.78 is 30.9. The maximum atomic E-state index is 12.8. The Balaban J connectivity index is 2.55. The van der Waals surface area contributed by atoms with E-state index in [0.717, 1.165) is 17.5 Å². The highest BCUT2D eigenvalue weighted by molar-refractivity contribution is 7.92. The summed E-state index contributed by atoms with van der Waals surface area (Å²) in [6, 6.07) is 12.5. The number of non-ortho nitro benzene ring substituents is 1. The number of nitro benzene ring substituents is 1. The molecule has 0 aliphatic rings. The fraction of sp³-hybridized carbons (Fsp3) is 0.133. The van der Waals surface area contributed by atoms with Crippen LogP contribution in [0.15, 0.2) is 59.5 Å². The van der Waals surface area contributed by atoms with Crippen LogP contribution >= 0.6 is 0 Å². The maximum Gasteiger partial charge on any atom is 0.326 e. The Morgan fingerprint density at radius 3 is 2.42 bits per heavy atom. The van der Waals surface area contributed by atoms with Gasteiger partial charge in [0.15, 0.2) is 0 Å². The van der Waals surface area contributed by atoms with Crippen LogP contribution in [0, 0.1) is 10.1 Å². The normalized spacial score (nSPS) is 10.9. The summed E-state index contributed by atoms with van der Waals surface area (Å²) in [7, 11) is -2.96. The number of nitro groups is 1. The van der Waals surface area contributed by atoms with E-state index < -0.39 is 27.5 Å². The fourth-order valence-electron chi connectivity index (χ4n) is 1.98. The van der Waals surface area contributed by atoms with Crippen molar-refractivity contribution in [3.05, 3.63) is 64.7 Å². The average Bonchev–Trinajstić information content (AvgIpc) is 2.60. The van der Waals surface area contributed by atoms with Crippen LogP contribution in [-0.4, -0.2) is 33.0 Å². The first-order chi connectivity index (χ1) is 11.4. The topological polar surface area (TPSA) is 107 Å². The minimum atomic E-state index is -4.09. The molecule has 0 atom stereocenters. The standard InChI is InChI=1S/C15H14N2O6S/c1-23-15(18)11-16(12-6-5-7-13(10-12)17(19)20)24(21,22)14-8-3-2-4-9-14/h2-10H,11H2,1H3. The number of hydrogen-bond acceptors (Lipinski definition) is 6. The molecule has 9 heteroatoms. The molecule has 0 aliphatic carbocycles. The molecule has 0 aliphatic heterocycles. The lowest BCUT2D eigenvalue weighted by Crippen LogP contribution is -2.36. The van der Waals surface area contributed by atoms with Crippen molar-refractivity contribution in [2.24, 2.45) is 0 Å². The van der Waals surface area contributed by atoms with Crippen molar-refractivity contribution in [1.29, 1.82) is 0 Å². The number of nitrogens with zero attached hydrogens (tertiary/aromatic N) is 2. The van der Waals surface area contributed by atoms with Gasteiger partial charge in [-0.25, -0.2) is 8.42 Å². The molecule has 0 saturated heterocycles. The van der Waals surface area contributed by atoms with E-state index in [9.17, 15) is 23.3 Å². The Morgan fingerprint density at radius 2 is 1.83 bits per heavy atom. The van der Waals surface area contributed by atoms with E-state index in [-0.39, 0.29) is 16.3 Å². The molecule has 0 N–H and O–H groups in total. The first kappa shape index (κ1) is 17.4. The summed E-state index contributed by atoms with van der Waals surface area (Å²) in [6.07, 6.45) is 0. The van der Waals surface area contributed by atoms with Gasteiger partial charge in [-0.15, -0.1) is 0 Å². The number of esters is 1. The van der Waals surface area contributed by atoms with Crippen LogP contribution in [-0.2, 0) is 19.6 Å². The number of rotatable bonds is 6. The van der Waals surface area contributed by atoms with Crippen molar-refractivity contribution >= 4 is 27.4 Å². The Labute approximate surface area is 138 Å². The lowest BCUT2D eigenvalue weighted by atomic mass is 10.3. The third-order valence-electron chi connectivity index (χ3n) is 3.16. The minimum absolute atomic E-state index is 0.00143. The lowest BCUT2D eigenvalue weighted by Gasteiger charge is -2.23. The van der Waals surface area contributed by atoms with E-state index in [0.29, 0.717) is 0 Å². The molecule has 0 aromatic heterocycles. The molecule has 2 aromatic rings. The highest BCUT2D eigenvalue weighted by Gasteiger charge is 2.28. The predicted molar refractivity (Wildman–Crippen MR) is 86.1 cm³/mol. The van der Waals surface area contributed by atoms with Crippen molar-refractivity contribution in [3.63, 3.8) is 0 Å². The van der Waals surface area contributed by atoms with Gasteiger partial charge in [-0.2, -0.15) is 0 Å². The second-order valence-corrected chi connectivity index (χ2v) is 6.54. The zero-order chi connectivity index (χ0) is 17.7. The summed E-state index contributed by atoms with van der Waals surface area (Å²) in [4.78, 5) is 21.9. The van der Waals surface area contributed by atoms with E-state index in [1.807, 2.05) is 0 Å². The average molecular weight is 350 g/mol. The highest BCUT2D eigenvalue weighted by Crippen LogP contribution is 2.26. The predicted octanol–water partition coefficient (Wildman–Crippen LogP) is 1.96. The second-order valence-electron chi connectivity index (χ2n) is 4.68. The van der Waals surface area contributed by atoms with Crippen molar-refractivity contribution in [1.82, 2.24) is 0 Å². The number of carbonyl (C=O) groups excluding carboxylic acids is 1. The van der Waals surface area contributed by atoms with E-state index in [4.69, 9.17) is 0 Å². The minimum Gasteiger partial charge on any atom is -0.468 e. The van der Waals surface area contributed by atoms with Crippen molar-refractivity contribution < 1.29 is 22.9 Å². The molecule has 0 spiro atoms. The van der Waals surface area contributed by atoms with Crippen molar-refractivity contribution in [2.75, 3.05) is 18.0 Å². The summed E-state index contributed by atoms with van der Waals surface area (Å²) >= 11 is 0. The highest BCUT2D eigenvalue weighted by atomic mass is 32.2. The maximum absolute atomic E-state index is 12.8. The molecule has 0 fully saturated rings. The Hall–Kier alpha value is -2.94. The quantitative estimate of drug-likeness (QED) is 0.448. The van der Waals surface area contributed by atoms with Crippen LogP contribution in [0.5, 0.6) is 0 Å². The molecule has 126 valence electrons. The number of sulfonamides is 1. The largest absolute Gasteiger partial charge is 0.468 e. The molecule has 0 unspecified atom stereocenters. The van der Waals surface area contributed by atoms with Gasteiger partial charge in [0, 0.05) is 12.1 Å². The molecule has 0 amide bonds. The van der Waals surface area contributed by atoms with Gasteiger partial charge in [-0.05, 0) is 18.2 Å². The fourth-order valence-corrected chi connectivity index (χ4v) is 3.40. The van der Waals surface area contributed by atoms with Gasteiger partial charge in [0.2, 0.25) is 0 Å². The molecular formula is C15H14N2O6S. The molecule has 2 rings (SSSR count). The van der Waals surface area contributed by atoms with Crippen molar-refractivity contribution in [3.8, 4) is 0 Å². The molecular weight excluding hydrogens is 336 g/mol. The van der Waals surface area contributed by atoms with Crippen LogP contribution in [0.2, 0.25) is 0 Å². The SMILES string of the molecule is COC(=O)CN(c1cccc([N+](=O)[O-])c1)S(=O)(=O)c1ccccc1. The van der Waals surface area contributed by atoms with Crippen LogP contribution in [0.4, 0.5) is 11.4 Å². The lowest BCUT2D eigenvalue weighted by molar-refractivity contribution is -0.384. The number of ether oxygens (including phenoxy) is 1. The molecule has 0 radical (unpaired) electrons. The molecule has 0 heterocycles. The van der Waals surface area contributed by atoms with Gasteiger partial charge in [0.25, 0.3) is 15.7 Å². The summed E-state index contributed by atoms with van der Waals surface area (Å²) in [5, 5.41) is 10.9. The van der Waals surface area contributed by atoms with Gasteiger partial charge < -0.3 is 4.74 Å². The zero-order valence-corrected chi connectivity index (χ0v) is 13.5. The van der Waals surface area contributed by atoms with Crippen molar-refractivity contribution in [2.45, 2.75) is 4.90 Å². The Kier molecular flexibility index (Phi) is 5.14. The molecule has 0 bridgehead atoms. The zero-order valence-electron chi connectivity index (χ0n) is 12.7. The summed E-state index contributed by atoms with van der Waals surface area (Å²) in [5.41, 5.74) is -0.288. The first-order valence-corrected chi connectivity index (χ1v) is 8.19. The molecule has 2 aromatic carbocycles. The van der Waals surface area contributed by atoms with E-state index >= 15 is 0 Å². The summed E-state index contributed by atoms with van der Waals surface area (Å²) in [6.45, 7) is -0.602. The van der Waals surface area contributed by atoms with Gasteiger partial charge in [-0.3, -0.25) is 19.2 Å². The van der Waals surface area contributed by atoms with Crippen LogP contribution in [0.1, 0.15) is 0 Å². The summed E-state index contributed by atoms with van der Waals surface area (Å²) in [5.74, 6) is -0.791. The van der Waals surface area contributed by atoms with Gasteiger partial charge in [-0.1, -0.05) is 24.3 Å². The molecule has 8 nitrogen and oxygen atoms in total. The number of methoxy groups -OCH3 is 1. The van der Waals surface area contributed by atoms with E-state index in [2.05, 4.69) is 4.74 Å². The molecule has 0 saturated carbocycles. The Morgan fingerprint density at radius 1 is 1.17 bits per heavy atom. The van der Waals surface area contributed by atoms with Crippen LogP contribution < -0.4 is 4.31 Å². The molecule has 24 heavy (non-hydrogen) atoms. The van der Waals surface area contributed by atoms with Gasteiger partial charge in [0.1, 0.15) is 6.54 Å². The van der Waals surface area contributed by atoms with Crippen LogP contribution in [0.25, 0.3) is 0 Å². The number of benzene rings is 2. The van der Waals surface area contributed by atoms with Crippen LogP contribution in [0.3, 0.4) is 0 Å². The third-order valence-corrected chi connectivity index (χ3v) is 4.95. The Bertz CT molecular complexity index is 851. The first-order valence-electron chi connectivity index (χ1n) is 6.75. The smallest absolute Gasteiger partial charge is 0.326 e. The number of anilines is 1. The van der Waals surface area contributed by atoms with E-state index in [1.54, 1.807) is 6.07 Å². The number of hydrogen-bond donors (Lipinski definition) is 0. The number of carbonyl (C=O) groups is 1.